The Bertz CT molecular complexity index is 1230. The zero-order valence-electron chi connectivity index (χ0n) is 20.2. The first-order valence-corrected chi connectivity index (χ1v) is 12.9. The number of fused-ring (bicyclic) bond motifs is 1. The van der Waals surface area contributed by atoms with E-state index in [1.54, 1.807) is 17.0 Å². The number of carbonyl (C=O) groups excluding carboxylic acids is 2. The summed E-state index contributed by atoms with van der Waals surface area (Å²) in [5, 5.41) is 5.59. The van der Waals surface area contributed by atoms with Gasteiger partial charge in [0.05, 0.1) is 12.7 Å². The minimum Gasteiger partial charge on any atom is -0.373 e. The van der Waals surface area contributed by atoms with Crippen LogP contribution in [0.3, 0.4) is 0 Å². The normalized spacial score (nSPS) is 19.2. The Morgan fingerprint density at radius 1 is 0.917 bits per heavy atom. The van der Waals surface area contributed by atoms with Crippen molar-refractivity contribution in [2.75, 3.05) is 57.7 Å². The number of nitrogens with zero attached hydrogens (tertiary/aromatic N) is 3. The van der Waals surface area contributed by atoms with E-state index in [0.717, 1.165) is 48.9 Å². The van der Waals surface area contributed by atoms with E-state index in [2.05, 4.69) is 10.2 Å². The molecule has 8 heteroatoms. The lowest BCUT2D eigenvalue weighted by Gasteiger charge is -2.35. The summed E-state index contributed by atoms with van der Waals surface area (Å²) in [5.41, 5.74) is 1.44. The largest absolute Gasteiger partial charge is 0.373 e. The molecule has 0 saturated carbocycles. The smallest absolute Gasteiger partial charge is 0.322 e. The highest BCUT2D eigenvalue weighted by Crippen LogP contribution is 2.21. The van der Waals surface area contributed by atoms with Gasteiger partial charge in [-0.3, -0.25) is 9.69 Å². The molecule has 0 bridgehead atoms. The van der Waals surface area contributed by atoms with E-state index in [1.807, 2.05) is 59.5 Å². The predicted molar refractivity (Wildman–Crippen MR) is 143 cm³/mol. The summed E-state index contributed by atoms with van der Waals surface area (Å²) >= 11 is 6.03. The fourth-order valence-corrected chi connectivity index (χ4v) is 5.20. The molecule has 2 aliphatic rings. The number of anilines is 1. The van der Waals surface area contributed by atoms with Gasteiger partial charge in [-0.1, -0.05) is 54.1 Å². The molecule has 3 aromatic rings. The van der Waals surface area contributed by atoms with Crippen LogP contribution in [0.5, 0.6) is 0 Å². The van der Waals surface area contributed by atoms with E-state index in [-0.39, 0.29) is 18.0 Å². The Balaban J connectivity index is 1.16. The quantitative estimate of drug-likeness (QED) is 0.563. The summed E-state index contributed by atoms with van der Waals surface area (Å²) in [6, 6.07) is 21.0. The molecule has 3 aromatic carbocycles. The number of nitrogens with one attached hydrogen (secondary N) is 1. The van der Waals surface area contributed by atoms with Crippen molar-refractivity contribution in [2.24, 2.45) is 0 Å². The number of amides is 3. The number of rotatable bonds is 4. The molecule has 0 aromatic heterocycles. The second-order valence-corrected chi connectivity index (χ2v) is 9.79. The van der Waals surface area contributed by atoms with E-state index in [0.29, 0.717) is 37.0 Å². The minimum atomic E-state index is -0.145. The molecule has 3 amide bonds. The van der Waals surface area contributed by atoms with Crippen molar-refractivity contribution < 1.29 is 14.3 Å². The Labute approximate surface area is 216 Å². The lowest BCUT2D eigenvalue weighted by Crippen LogP contribution is -2.51. The van der Waals surface area contributed by atoms with Gasteiger partial charge in [0.25, 0.3) is 5.91 Å². The molecule has 5 rings (SSSR count). The SMILES string of the molecule is O=C(Nc1cccc(Cl)c1)N1CCOC(CN2CCCN(C(=O)c3cccc4ccccc34)CC2)C1. The molecule has 2 aliphatic heterocycles. The van der Waals surface area contributed by atoms with Crippen molar-refractivity contribution in [1.29, 1.82) is 0 Å². The number of urea groups is 1. The van der Waals surface area contributed by atoms with Crippen LogP contribution < -0.4 is 5.32 Å². The Kier molecular flexibility index (Phi) is 7.70. The van der Waals surface area contributed by atoms with E-state index < -0.39 is 0 Å². The number of hydrogen-bond acceptors (Lipinski definition) is 4. The van der Waals surface area contributed by atoms with Crippen molar-refractivity contribution in [3.8, 4) is 0 Å². The number of benzene rings is 3. The molecule has 2 saturated heterocycles. The van der Waals surface area contributed by atoms with Crippen LogP contribution in [0.2, 0.25) is 5.02 Å². The molecule has 36 heavy (non-hydrogen) atoms. The van der Waals surface area contributed by atoms with Crippen molar-refractivity contribution in [3.05, 3.63) is 77.3 Å². The van der Waals surface area contributed by atoms with E-state index >= 15 is 0 Å². The maximum absolute atomic E-state index is 13.4. The summed E-state index contributed by atoms with van der Waals surface area (Å²) in [7, 11) is 0. The first-order valence-electron chi connectivity index (χ1n) is 12.5. The second kappa shape index (κ2) is 11.3. The van der Waals surface area contributed by atoms with E-state index in [9.17, 15) is 9.59 Å². The molecule has 0 aliphatic carbocycles. The third-order valence-corrected chi connectivity index (χ3v) is 7.09. The molecule has 7 nitrogen and oxygen atoms in total. The van der Waals surface area contributed by atoms with Crippen LogP contribution in [0.25, 0.3) is 10.8 Å². The molecule has 1 atom stereocenters. The number of carbonyl (C=O) groups is 2. The molecule has 2 fully saturated rings. The molecule has 2 heterocycles. The van der Waals surface area contributed by atoms with Gasteiger partial charge in [-0.25, -0.2) is 4.79 Å². The molecule has 188 valence electrons. The van der Waals surface area contributed by atoms with Gasteiger partial charge in [0.1, 0.15) is 0 Å². The topological polar surface area (TPSA) is 65.1 Å². The first kappa shape index (κ1) is 24.6. The molecule has 1 unspecified atom stereocenters. The molecule has 1 N–H and O–H groups in total. The van der Waals surface area contributed by atoms with Crippen LogP contribution in [0.15, 0.2) is 66.7 Å². The average molecular weight is 507 g/mol. The Morgan fingerprint density at radius 3 is 2.64 bits per heavy atom. The fraction of sp³-hybridized carbons (Fsp3) is 0.357. The van der Waals surface area contributed by atoms with Gasteiger partial charge in [-0.2, -0.15) is 0 Å². The van der Waals surface area contributed by atoms with Crippen LogP contribution in [0.1, 0.15) is 16.8 Å². The maximum Gasteiger partial charge on any atom is 0.322 e. The van der Waals surface area contributed by atoms with E-state index in [4.69, 9.17) is 16.3 Å². The third-order valence-electron chi connectivity index (χ3n) is 6.86. The van der Waals surface area contributed by atoms with Gasteiger partial charge in [-0.05, 0) is 48.0 Å². The van der Waals surface area contributed by atoms with Crippen LogP contribution in [-0.2, 0) is 4.74 Å². The highest BCUT2D eigenvalue weighted by atomic mass is 35.5. The average Bonchev–Trinajstić information content (AvgIpc) is 3.14. The Hall–Kier alpha value is -3.13. The summed E-state index contributed by atoms with van der Waals surface area (Å²) in [6.45, 7) is 5.41. The molecular weight excluding hydrogens is 476 g/mol. The summed E-state index contributed by atoms with van der Waals surface area (Å²) in [6.07, 6.45) is 0.839. The molecule has 0 spiro atoms. The van der Waals surface area contributed by atoms with E-state index in [1.165, 1.54) is 0 Å². The van der Waals surface area contributed by atoms with Gasteiger partial charge < -0.3 is 19.9 Å². The van der Waals surface area contributed by atoms with Crippen LogP contribution in [-0.4, -0.2) is 85.2 Å². The van der Waals surface area contributed by atoms with Gasteiger partial charge in [-0.15, -0.1) is 0 Å². The van der Waals surface area contributed by atoms with Crippen LogP contribution >= 0.6 is 11.6 Å². The summed E-state index contributed by atoms with van der Waals surface area (Å²) in [5.74, 6) is 0.0893. The van der Waals surface area contributed by atoms with Gasteiger partial charge in [0.2, 0.25) is 0 Å². The van der Waals surface area contributed by atoms with Crippen LogP contribution in [0.4, 0.5) is 10.5 Å². The van der Waals surface area contributed by atoms with Crippen LogP contribution in [0, 0.1) is 0 Å². The number of ether oxygens (including phenoxy) is 1. The third kappa shape index (κ3) is 5.81. The monoisotopic (exact) mass is 506 g/mol. The first-order chi connectivity index (χ1) is 17.6. The maximum atomic E-state index is 13.4. The lowest BCUT2D eigenvalue weighted by molar-refractivity contribution is -0.0283. The highest BCUT2D eigenvalue weighted by Gasteiger charge is 2.28. The van der Waals surface area contributed by atoms with Gasteiger partial charge in [0, 0.05) is 55.5 Å². The Morgan fingerprint density at radius 2 is 1.75 bits per heavy atom. The predicted octanol–water partition coefficient (Wildman–Crippen LogP) is 4.57. The number of morpholine rings is 1. The van der Waals surface area contributed by atoms with Crippen molar-refractivity contribution in [2.45, 2.75) is 12.5 Å². The minimum absolute atomic E-state index is 0.0656. The summed E-state index contributed by atoms with van der Waals surface area (Å²) in [4.78, 5) is 32.3. The summed E-state index contributed by atoms with van der Waals surface area (Å²) < 4.78 is 6.00. The second-order valence-electron chi connectivity index (χ2n) is 9.35. The lowest BCUT2D eigenvalue weighted by atomic mass is 10.0. The standard InChI is InChI=1S/C28H31ClN4O3/c29-22-8-4-9-23(18-22)30-28(35)33-16-17-36-24(20-33)19-31-12-5-13-32(15-14-31)27(34)26-11-3-7-21-6-1-2-10-25(21)26/h1-4,6-11,18,24H,5,12-17,19-20H2,(H,30,35). The molecule has 0 radical (unpaired) electrons. The van der Waals surface area contributed by atoms with Crippen molar-refractivity contribution >= 4 is 40.0 Å². The molecular formula is C28H31ClN4O3. The van der Waals surface area contributed by atoms with Gasteiger partial charge in [0.15, 0.2) is 0 Å². The van der Waals surface area contributed by atoms with Gasteiger partial charge >= 0.3 is 6.03 Å². The zero-order chi connectivity index (χ0) is 24.9. The number of halogens is 1. The van der Waals surface area contributed by atoms with Crippen molar-refractivity contribution in [1.82, 2.24) is 14.7 Å². The van der Waals surface area contributed by atoms with Crippen molar-refractivity contribution in [3.63, 3.8) is 0 Å². The number of hydrogen-bond donors (Lipinski definition) is 1. The highest BCUT2D eigenvalue weighted by molar-refractivity contribution is 6.30. The fourth-order valence-electron chi connectivity index (χ4n) is 5.01. The zero-order valence-corrected chi connectivity index (χ0v) is 21.0.